The van der Waals surface area contributed by atoms with E-state index in [1.807, 2.05) is 63.4 Å². The Labute approximate surface area is 220 Å². The Balaban J connectivity index is 1.15. The van der Waals surface area contributed by atoms with Gasteiger partial charge in [0.15, 0.2) is 0 Å². The van der Waals surface area contributed by atoms with Crippen molar-refractivity contribution in [1.82, 2.24) is 25.3 Å². The Morgan fingerprint density at radius 2 is 1.87 bits per heavy atom. The van der Waals surface area contributed by atoms with Crippen LogP contribution in [0.2, 0.25) is 0 Å². The van der Waals surface area contributed by atoms with E-state index in [0.717, 1.165) is 22.5 Å². The van der Waals surface area contributed by atoms with Crippen LogP contribution in [0.3, 0.4) is 0 Å². The molecule has 2 aliphatic heterocycles. The molecule has 198 valence electrons. The number of hydrogen-bond donors (Lipinski definition) is 1. The van der Waals surface area contributed by atoms with Gasteiger partial charge in [-0.1, -0.05) is 23.4 Å². The minimum Gasteiger partial charge on any atom is -0.444 e. The van der Waals surface area contributed by atoms with Gasteiger partial charge in [-0.15, -0.1) is 5.10 Å². The Morgan fingerprint density at radius 3 is 2.50 bits per heavy atom. The van der Waals surface area contributed by atoms with Gasteiger partial charge in [0.25, 0.3) is 0 Å². The topological polar surface area (TPSA) is 121 Å². The molecule has 1 aliphatic carbocycles. The van der Waals surface area contributed by atoms with E-state index in [1.165, 1.54) is 0 Å². The number of anilines is 1. The second-order valence-electron chi connectivity index (χ2n) is 11.0. The molecule has 4 heterocycles. The normalized spacial score (nSPS) is 26.1. The SMILES string of the molecule is CC(C)(C)OC(=O)N[C@]1(c2ccc(-c3ccc(N4C[C@H](Cn5ccnn5)OC4=O)cc3)cn2)[C@@H]2COC[C@@H]21. The number of cyclic esters (lactones) is 1. The highest BCUT2D eigenvalue weighted by molar-refractivity contribution is 5.90. The molecule has 2 saturated heterocycles. The molecule has 4 atom stereocenters. The van der Waals surface area contributed by atoms with Gasteiger partial charge in [-0.2, -0.15) is 0 Å². The molecule has 0 radical (unpaired) electrons. The fraction of sp³-hybridized carbons (Fsp3) is 0.444. The number of ether oxygens (including phenoxy) is 3. The summed E-state index contributed by atoms with van der Waals surface area (Å²) >= 11 is 0. The summed E-state index contributed by atoms with van der Waals surface area (Å²) in [6, 6.07) is 11.7. The number of nitrogens with zero attached hydrogens (tertiary/aromatic N) is 5. The van der Waals surface area contributed by atoms with Gasteiger partial charge in [-0.05, 0) is 44.5 Å². The molecule has 1 N–H and O–H groups in total. The summed E-state index contributed by atoms with van der Waals surface area (Å²) in [7, 11) is 0. The van der Waals surface area contributed by atoms with Crippen LogP contribution in [0.5, 0.6) is 0 Å². The van der Waals surface area contributed by atoms with E-state index in [9.17, 15) is 9.59 Å². The molecule has 2 amide bonds. The van der Waals surface area contributed by atoms with E-state index in [1.54, 1.807) is 22.0 Å². The zero-order valence-corrected chi connectivity index (χ0v) is 21.5. The number of amides is 2. The van der Waals surface area contributed by atoms with Gasteiger partial charge in [0, 0.05) is 35.5 Å². The maximum atomic E-state index is 12.6. The number of rotatable bonds is 6. The minimum atomic E-state index is -0.584. The van der Waals surface area contributed by atoms with Crippen molar-refractivity contribution in [1.29, 1.82) is 0 Å². The molecule has 3 fully saturated rings. The first-order chi connectivity index (χ1) is 18.2. The van der Waals surface area contributed by atoms with E-state index >= 15 is 0 Å². The van der Waals surface area contributed by atoms with Crippen LogP contribution in [0.25, 0.3) is 11.1 Å². The molecule has 0 spiro atoms. The Hall–Kier alpha value is -3.99. The van der Waals surface area contributed by atoms with Gasteiger partial charge >= 0.3 is 12.2 Å². The zero-order chi connectivity index (χ0) is 26.5. The van der Waals surface area contributed by atoms with Crippen LogP contribution in [0.4, 0.5) is 15.3 Å². The van der Waals surface area contributed by atoms with Crippen molar-refractivity contribution in [3.05, 3.63) is 60.7 Å². The third kappa shape index (κ3) is 4.47. The van der Waals surface area contributed by atoms with Gasteiger partial charge < -0.3 is 19.5 Å². The van der Waals surface area contributed by atoms with Crippen molar-refractivity contribution in [2.24, 2.45) is 11.8 Å². The molecule has 38 heavy (non-hydrogen) atoms. The summed E-state index contributed by atoms with van der Waals surface area (Å²) in [5, 5.41) is 10.8. The number of aromatic nitrogens is 4. The molecule has 11 nitrogen and oxygen atoms in total. The molecule has 3 aliphatic rings. The molecule has 6 rings (SSSR count). The van der Waals surface area contributed by atoms with E-state index < -0.39 is 17.2 Å². The molecular weight excluding hydrogens is 488 g/mol. The second kappa shape index (κ2) is 9.09. The summed E-state index contributed by atoms with van der Waals surface area (Å²) in [4.78, 5) is 31.4. The molecule has 3 aromatic rings. The maximum absolute atomic E-state index is 12.6. The van der Waals surface area contributed by atoms with Crippen LogP contribution in [0, 0.1) is 11.8 Å². The van der Waals surface area contributed by atoms with Gasteiger partial charge in [0.05, 0.1) is 43.7 Å². The highest BCUT2D eigenvalue weighted by Crippen LogP contribution is 2.60. The number of pyridine rings is 1. The largest absolute Gasteiger partial charge is 0.444 e. The predicted octanol–water partition coefficient (Wildman–Crippen LogP) is 3.36. The molecule has 1 saturated carbocycles. The first-order valence-electron chi connectivity index (χ1n) is 12.7. The fourth-order valence-corrected chi connectivity index (χ4v) is 5.47. The van der Waals surface area contributed by atoms with Crippen LogP contribution in [0.15, 0.2) is 55.0 Å². The molecule has 11 heteroatoms. The molecule has 0 bridgehead atoms. The van der Waals surface area contributed by atoms with Crippen molar-refractivity contribution in [3.63, 3.8) is 0 Å². The zero-order valence-electron chi connectivity index (χ0n) is 21.5. The lowest BCUT2D eigenvalue weighted by Gasteiger charge is -2.26. The van der Waals surface area contributed by atoms with Gasteiger partial charge in [0.1, 0.15) is 11.7 Å². The number of carbonyl (C=O) groups excluding carboxylic acids is 2. The number of hydrogen-bond acceptors (Lipinski definition) is 8. The number of benzene rings is 1. The summed E-state index contributed by atoms with van der Waals surface area (Å²) in [5.74, 6) is 0.363. The Bertz CT molecular complexity index is 1310. The van der Waals surface area contributed by atoms with E-state index in [4.69, 9.17) is 19.2 Å². The summed E-state index contributed by atoms with van der Waals surface area (Å²) in [6.07, 6.45) is 4.03. The van der Waals surface area contributed by atoms with Crippen LogP contribution < -0.4 is 10.2 Å². The van der Waals surface area contributed by atoms with Crippen LogP contribution in [-0.4, -0.2) is 63.6 Å². The van der Waals surface area contributed by atoms with Crippen molar-refractivity contribution in [2.75, 3.05) is 24.7 Å². The van der Waals surface area contributed by atoms with Crippen molar-refractivity contribution in [2.45, 2.75) is 44.6 Å². The smallest absolute Gasteiger partial charge is 0.414 e. The monoisotopic (exact) mass is 518 g/mol. The highest BCUT2D eigenvalue weighted by atomic mass is 16.6. The molecule has 0 unspecified atom stereocenters. The quantitative estimate of drug-likeness (QED) is 0.527. The second-order valence-corrected chi connectivity index (χ2v) is 11.0. The summed E-state index contributed by atoms with van der Waals surface area (Å²) < 4.78 is 18.3. The molecule has 1 aromatic carbocycles. The lowest BCUT2D eigenvalue weighted by molar-refractivity contribution is 0.0447. The number of nitrogens with one attached hydrogen (secondary N) is 1. The standard InChI is InChI=1S/C27H30N6O5/c1-26(2,3)38-24(34)30-27(21-15-36-16-22(21)27)23-9-6-18(12-28-23)17-4-7-19(8-5-17)33-14-20(37-25(33)35)13-32-11-10-29-31-32/h4-12,20-22H,13-16H2,1-3H3,(H,30,34)/t20-,21-,22+,27-/m0/s1. The maximum Gasteiger partial charge on any atom is 0.414 e. The Morgan fingerprint density at radius 1 is 1.13 bits per heavy atom. The number of fused-ring (bicyclic) bond motifs is 1. The average molecular weight is 519 g/mol. The van der Waals surface area contributed by atoms with Crippen LogP contribution in [0.1, 0.15) is 26.5 Å². The molecule has 2 aromatic heterocycles. The van der Waals surface area contributed by atoms with Crippen molar-refractivity contribution < 1.29 is 23.8 Å². The third-order valence-corrected chi connectivity index (χ3v) is 7.29. The van der Waals surface area contributed by atoms with Gasteiger partial charge in [0.2, 0.25) is 0 Å². The number of alkyl carbamates (subject to hydrolysis) is 1. The van der Waals surface area contributed by atoms with Crippen molar-refractivity contribution >= 4 is 17.9 Å². The van der Waals surface area contributed by atoms with Crippen molar-refractivity contribution in [3.8, 4) is 11.1 Å². The van der Waals surface area contributed by atoms with Gasteiger partial charge in [-0.3, -0.25) is 9.88 Å². The minimum absolute atomic E-state index is 0.182. The van der Waals surface area contributed by atoms with E-state index in [0.29, 0.717) is 26.3 Å². The van der Waals surface area contributed by atoms with Crippen LogP contribution >= 0.6 is 0 Å². The average Bonchev–Trinajstić information content (AvgIpc) is 3.42. The first-order valence-corrected chi connectivity index (χ1v) is 12.7. The lowest BCUT2D eigenvalue weighted by Crippen LogP contribution is -2.43. The summed E-state index contributed by atoms with van der Waals surface area (Å²) in [6.45, 7) is 7.60. The van der Waals surface area contributed by atoms with E-state index in [2.05, 4.69) is 15.6 Å². The fourth-order valence-electron chi connectivity index (χ4n) is 5.47. The first kappa shape index (κ1) is 24.4. The van der Waals surface area contributed by atoms with Crippen LogP contribution in [-0.2, 0) is 26.3 Å². The van der Waals surface area contributed by atoms with E-state index in [-0.39, 0.29) is 24.0 Å². The molecular formula is C27H30N6O5. The third-order valence-electron chi connectivity index (χ3n) is 7.29. The number of carbonyl (C=O) groups is 2. The van der Waals surface area contributed by atoms with Gasteiger partial charge in [-0.25, -0.2) is 14.3 Å². The lowest BCUT2D eigenvalue weighted by atomic mass is 10.0. The highest BCUT2D eigenvalue weighted by Gasteiger charge is 2.70. The predicted molar refractivity (Wildman–Crippen MR) is 136 cm³/mol. The summed E-state index contributed by atoms with van der Waals surface area (Å²) in [5.41, 5.74) is 2.31. The Kier molecular flexibility index (Phi) is 5.82.